The van der Waals surface area contributed by atoms with Crippen LogP contribution in [0.25, 0.3) is 0 Å². The lowest BCUT2D eigenvalue weighted by Crippen LogP contribution is -2.12. The Kier molecular flexibility index (Phi) is 34.0. The minimum absolute atomic E-state index is 0.0904. The first kappa shape index (κ1) is 56.8. The number of hydrogen-bond donors (Lipinski definition) is 0. The number of unbranched alkanes of at least 4 members (excludes halogenated alkanes) is 28. The number of ether oxygens (including phenoxy) is 4. The maximum atomic E-state index is 12.5. The number of carbonyl (C=O) groups is 4. The molecule has 0 atom stereocenters. The van der Waals surface area contributed by atoms with Gasteiger partial charge in [-0.2, -0.15) is 0 Å². The third kappa shape index (κ3) is 31.3. The Morgan fingerprint density at radius 3 is 0.769 bits per heavy atom. The van der Waals surface area contributed by atoms with E-state index in [0.29, 0.717) is 12.8 Å². The van der Waals surface area contributed by atoms with E-state index in [0.717, 1.165) is 57.8 Å². The summed E-state index contributed by atoms with van der Waals surface area (Å²) in [6.07, 6.45) is 36.0. The summed E-state index contributed by atoms with van der Waals surface area (Å²) in [5, 5.41) is 0. The highest BCUT2D eigenvalue weighted by molar-refractivity contribution is 5.74. The van der Waals surface area contributed by atoms with Gasteiger partial charge in [0.25, 0.3) is 0 Å². The van der Waals surface area contributed by atoms with Crippen molar-refractivity contribution in [1.82, 2.24) is 0 Å². The Hall–Kier alpha value is -4.34. The van der Waals surface area contributed by atoms with Gasteiger partial charge in [-0.05, 0) is 74.2 Å². The van der Waals surface area contributed by atoms with Crippen molar-refractivity contribution in [3.8, 4) is 23.0 Å². The van der Waals surface area contributed by atoms with Gasteiger partial charge in [0.1, 0.15) is 11.5 Å². The van der Waals surface area contributed by atoms with Crippen LogP contribution in [0.2, 0.25) is 0 Å². The molecule has 0 amide bonds. The van der Waals surface area contributed by atoms with Gasteiger partial charge in [-0.15, -0.1) is 0 Å². The van der Waals surface area contributed by atoms with Gasteiger partial charge in [0.2, 0.25) is 10.9 Å². The van der Waals surface area contributed by atoms with Gasteiger partial charge in [-0.25, -0.2) is 0 Å². The Morgan fingerprint density at radius 2 is 0.508 bits per heavy atom. The molecular weight excluding hydrogens is 821 g/mol. The van der Waals surface area contributed by atoms with Crippen LogP contribution in [0.5, 0.6) is 23.0 Å². The first-order chi connectivity index (χ1) is 31.7. The van der Waals surface area contributed by atoms with E-state index >= 15 is 0 Å². The second-order valence-corrected chi connectivity index (χ2v) is 17.7. The first-order valence-electron chi connectivity index (χ1n) is 25.8. The lowest BCUT2D eigenvalue weighted by molar-refractivity contribution is -0.135. The molecule has 0 saturated carbocycles. The molecule has 0 unspecified atom stereocenters. The SMILES string of the molecule is CCCCCCCCCCCCCCCC(=O)Oc1ccc(OC(=O)CCCCCCCC(=O)Oc2ccc(OC(=O)CCCCCCCCCCCCCCC)c(=O)cc2)ccc1=O. The summed E-state index contributed by atoms with van der Waals surface area (Å²) in [6.45, 7) is 4.49. The first-order valence-corrected chi connectivity index (χ1v) is 25.8. The van der Waals surface area contributed by atoms with Crippen LogP contribution in [0.1, 0.15) is 239 Å². The molecule has 0 aliphatic carbocycles. The van der Waals surface area contributed by atoms with Gasteiger partial charge in [-0.1, -0.05) is 187 Å². The molecule has 0 radical (unpaired) electrons. The molecule has 0 bridgehead atoms. The second-order valence-electron chi connectivity index (χ2n) is 17.7. The topological polar surface area (TPSA) is 139 Å². The summed E-state index contributed by atoms with van der Waals surface area (Å²) in [5.74, 6) is -1.54. The summed E-state index contributed by atoms with van der Waals surface area (Å²) in [7, 11) is 0. The van der Waals surface area contributed by atoms with E-state index in [-0.39, 0.29) is 48.7 Å². The molecule has 2 rings (SSSR count). The summed E-state index contributed by atoms with van der Waals surface area (Å²) in [5.41, 5.74) is -0.933. The van der Waals surface area contributed by atoms with E-state index in [1.54, 1.807) is 0 Å². The van der Waals surface area contributed by atoms with E-state index in [2.05, 4.69) is 13.8 Å². The molecule has 364 valence electrons. The van der Waals surface area contributed by atoms with Crippen LogP contribution in [0, 0.1) is 0 Å². The predicted octanol–water partition coefficient (Wildman–Crippen LogP) is 14.4. The molecule has 2 aromatic rings. The van der Waals surface area contributed by atoms with E-state index in [1.165, 1.54) is 177 Å². The van der Waals surface area contributed by atoms with Gasteiger partial charge in [0.05, 0.1) is 0 Å². The summed E-state index contributed by atoms with van der Waals surface area (Å²) in [6, 6.07) is 10.9. The summed E-state index contributed by atoms with van der Waals surface area (Å²) < 4.78 is 21.5. The molecule has 0 saturated heterocycles. The maximum absolute atomic E-state index is 12.5. The van der Waals surface area contributed by atoms with Crippen LogP contribution in [0.3, 0.4) is 0 Å². The third-order valence-corrected chi connectivity index (χ3v) is 11.7. The molecule has 0 aromatic heterocycles. The average molecular weight is 905 g/mol. The Morgan fingerprint density at radius 1 is 0.292 bits per heavy atom. The van der Waals surface area contributed by atoms with Gasteiger partial charge in [0, 0.05) is 25.7 Å². The fourth-order valence-electron chi connectivity index (χ4n) is 7.73. The van der Waals surface area contributed by atoms with E-state index in [9.17, 15) is 28.8 Å². The molecule has 0 aliphatic rings. The van der Waals surface area contributed by atoms with Gasteiger partial charge in [0.15, 0.2) is 11.5 Å². The van der Waals surface area contributed by atoms with Crippen LogP contribution in [-0.2, 0) is 19.2 Å². The lowest BCUT2D eigenvalue weighted by Gasteiger charge is -2.04. The van der Waals surface area contributed by atoms with Crippen molar-refractivity contribution in [1.29, 1.82) is 0 Å². The highest BCUT2D eigenvalue weighted by Gasteiger charge is 2.12. The van der Waals surface area contributed by atoms with Crippen molar-refractivity contribution in [2.24, 2.45) is 0 Å². The smallest absolute Gasteiger partial charge is 0.311 e. The maximum Gasteiger partial charge on any atom is 0.311 e. The predicted molar refractivity (Wildman–Crippen MR) is 261 cm³/mol. The molecule has 2 aromatic carbocycles. The van der Waals surface area contributed by atoms with E-state index in [4.69, 9.17) is 18.9 Å². The van der Waals surface area contributed by atoms with Crippen LogP contribution in [0.15, 0.2) is 58.1 Å². The van der Waals surface area contributed by atoms with E-state index < -0.39 is 34.7 Å². The lowest BCUT2D eigenvalue weighted by atomic mass is 10.0. The average Bonchev–Trinajstić information content (AvgIpc) is 3.57. The quantitative estimate of drug-likeness (QED) is 0.0469. The zero-order chi connectivity index (χ0) is 47.0. The number of rotatable bonds is 40. The molecule has 0 N–H and O–H groups in total. The van der Waals surface area contributed by atoms with Crippen molar-refractivity contribution in [2.75, 3.05) is 0 Å². The zero-order valence-electron chi connectivity index (χ0n) is 40.5. The second kappa shape index (κ2) is 38.9. The Labute approximate surface area is 391 Å². The van der Waals surface area contributed by atoms with Crippen molar-refractivity contribution < 1.29 is 38.1 Å². The van der Waals surface area contributed by atoms with Crippen molar-refractivity contribution >= 4 is 23.9 Å². The molecule has 0 aliphatic heterocycles. The van der Waals surface area contributed by atoms with Crippen molar-refractivity contribution in [3.63, 3.8) is 0 Å². The van der Waals surface area contributed by atoms with E-state index in [1.807, 2.05) is 0 Å². The molecule has 0 heterocycles. The van der Waals surface area contributed by atoms with Crippen LogP contribution < -0.4 is 29.8 Å². The summed E-state index contributed by atoms with van der Waals surface area (Å²) >= 11 is 0. The third-order valence-electron chi connectivity index (χ3n) is 11.7. The molecule has 0 fully saturated rings. The molecule has 10 nitrogen and oxygen atoms in total. The van der Waals surface area contributed by atoms with Gasteiger partial charge in [-0.3, -0.25) is 28.8 Å². The van der Waals surface area contributed by atoms with Crippen LogP contribution in [0.4, 0.5) is 0 Å². The van der Waals surface area contributed by atoms with Crippen LogP contribution >= 0.6 is 0 Å². The highest BCUT2D eigenvalue weighted by Crippen LogP contribution is 2.19. The van der Waals surface area contributed by atoms with Crippen molar-refractivity contribution in [3.05, 3.63) is 69.0 Å². The zero-order valence-corrected chi connectivity index (χ0v) is 40.5. The minimum Gasteiger partial charge on any atom is -0.427 e. The molecule has 0 spiro atoms. The molecular formula is C55H84O10. The fraction of sp³-hybridized carbons (Fsp3) is 0.673. The summed E-state index contributed by atoms with van der Waals surface area (Å²) in [4.78, 5) is 74.7. The van der Waals surface area contributed by atoms with Gasteiger partial charge >= 0.3 is 23.9 Å². The normalized spacial score (nSPS) is 11.0. The standard InChI is InChI=1S/C55H84O10/c1-3-5-7-9-11-13-15-17-19-21-23-26-32-36-54(60)64-50-44-40-46(38-42-48(50)56)62-52(58)34-30-28-25-29-31-35-53(59)63-47-39-43-49(57)51(45-41-47)65-55(61)37-33-27-24-22-20-18-16-14-12-10-8-6-4-2/h38-45H,3-37H2,1-2H3. The Balaban J connectivity index is 1.53. The fourth-order valence-corrected chi connectivity index (χ4v) is 7.73. The minimum atomic E-state index is -0.466. The Bertz CT molecular complexity index is 1600. The van der Waals surface area contributed by atoms with Crippen LogP contribution in [-0.4, -0.2) is 23.9 Å². The van der Waals surface area contributed by atoms with Gasteiger partial charge < -0.3 is 18.9 Å². The molecule has 10 heteroatoms. The highest BCUT2D eigenvalue weighted by atomic mass is 16.5. The number of hydrogen-bond acceptors (Lipinski definition) is 10. The monoisotopic (exact) mass is 905 g/mol. The molecule has 65 heavy (non-hydrogen) atoms. The largest absolute Gasteiger partial charge is 0.427 e. The number of carbonyl (C=O) groups excluding carboxylic acids is 4. The van der Waals surface area contributed by atoms with Crippen molar-refractivity contribution in [2.45, 2.75) is 239 Å². The number of esters is 4.